The Morgan fingerprint density at radius 3 is 2.41 bits per heavy atom. The van der Waals surface area contributed by atoms with Crippen molar-refractivity contribution >= 4 is 0 Å². The van der Waals surface area contributed by atoms with Gasteiger partial charge in [0.1, 0.15) is 0 Å². The third kappa shape index (κ3) is 2.53. The van der Waals surface area contributed by atoms with E-state index in [2.05, 4.69) is 25.7 Å². The second kappa shape index (κ2) is 5.27. The number of nitrogens with zero attached hydrogens (tertiary/aromatic N) is 1. The topological polar surface area (TPSA) is 29.3 Å². The Kier molecular flexibility index (Phi) is 4.14. The molecule has 0 amide bonds. The minimum absolute atomic E-state index is 0.345. The van der Waals surface area contributed by atoms with Gasteiger partial charge in [-0.25, -0.2) is 0 Å². The van der Waals surface area contributed by atoms with Crippen LogP contribution in [0.3, 0.4) is 0 Å². The van der Waals surface area contributed by atoms with Crippen LogP contribution in [0.1, 0.15) is 59.3 Å². The first kappa shape index (κ1) is 13.4. The molecule has 1 aliphatic heterocycles. The van der Waals surface area contributed by atoms with Crippen LogP contribution in [-0.4, -0.2) is 29.6 Å². The molecule has 1 unspecified atom stereocenters. The minimum atomic E-state index is 0.345. The molecule has 2 aliphatic rings. The first-order chi connectivity index (χ1) is 8.09. The van der Waals surface area contributed by atoms with E-state index in [-0.39, 0.29) is 0 Å². The molecular formula is C15H30N2. The monoisotopic (exact) mass is 238 g/mol. The Hall–Kier alpha value is -0.0800. The molecule has 100 valence electrons. The van der Waals surface area contributed by atoms with Crippen LogP contribution in [0, 0.1) is 11.8 Å². The normalized spacial score (nSPS) is 40.1. The van der Waals surface area contributed by atoms with Gasteiger partial charge in [-0.2, -0.15) is 0 Å². The molecule has 2 N–H and O–H groups in total. The van der Waals surface area contributed by atoms with E-state index in [0.717, 1.165) is 24.4 Å². The van der Waals surface area contributed by atoms with Crippen LogP contribution in [0.2, 0.25) is 0 Å². The number of likely N-dealkylation sites (tertiary alicyclic amines) is 1. The predicted octanol–water partition coefficient (Wildman–Crippen LogP) is 3.01. The molecule has 2 fully saturated rings. The van der Waals surface area contributed by atoms with Crippen LogP contribution in [-0.2, 0) is 0 Å². The van der Waals surface area contributed by atoms with Crippen LogP contribution in [0.15, 0.2) is 0 Å². The summed E-state index contributed by atoms with van der Waals surface area (Å²) in [6.07, 6.45) is 8.16. The number of hydrogen-bond donors (Lipinski definition) is 1. The largest absolute Gasteiger partial charge is 0.329 e. The fraction of sp³-hybridized carbons (Fsp3) is 1.00. The van der Waals surface area contributed by atoms with Crippen molar-refractivity contribution in [1.29, 1.82) is 0 Å². The molecule has 0 aromatic heterocycles. The molecule has 1 saturated heterocycles. The van der Waals surface area contributed by atoms with Crippen molar-refractivity contribution in [2.75, 3.05) is 13.1 Å². The fourth-order valence-electron chi connectivity index (χ4n) is 3.98. The number of rotatable bonds is 3. The van der Waals surface area contributed by atoms with Gasteiger partial charge < -0.3 is 5.73 Å². The number of nitrogens with two attached hydrogens (primary N) is 1. The third-order valence-electron chi connectivity index (χ3n) is 5.26. The summed E-state index contributed by atoms with van der Waals surface area (Å²) in [5.41, 5.74) is 6.53. The summed E-state index contributed by atoms with van der Waals surface area (Å²) in [4.78, 5) is 2.80. The van der Waals surface area contributed by atoms with Crippen LogP contribution in [0.25, 0.3) is 0 Å². The maximum atomic E-state index is 6.18. The molecule has 2 rings (SSSR count). The highest BCUT2D eigenvalue weighted by Gasteiger charge is 2.43. The Labute approximate surface area is 107 Å². The second-order valence-corrected chi connectivity index (χ2v) is 6.76. The maximum absolute atomic E-state index is 6.18. The highest BCUT2D eigenvalue weighted by atomic mass is 15.3. The zero-order chi connectivity index (χ0) is 12.5. The van der Waals surface area contributed by atoms with Gasteiger partial charge in [-0.15, -0.1) is 0 Å². The van der Waals surface area contributed by atoms with Gasteiger partial charge in [0, 0.05) is 18.1 Å². The Balaban J connectivity index is 2.11. The summed E-state index contributed by atoms with van der Waals surface area (Å²) in [7, 11) is 0. The minimum Gasteiger partial charge on any atom is -0.329 e. The molecular weight excluding hydrogens is 208 g/mol. The summed E-state index contributed by atoms with van der Waals surface area (Å²) in [5, 5.41) is 0. The van der Waals surface area contributed by atoms with Crippen LogP contribution < -0.4 is 5.73 Å². The molecule has 1 atom stereocenters. The quantitative estimate of drug-likeness (QED) is 0.819. The molecule has 0 bridgehead atoms. The van der Waals surface area contributed by atoms with Gasteiger partial charge >= 0.3 is 0 Å². The van der Waals surface area contributed by atoms with E-state index < -0.39 is 0 Å². The average molecular weight is 238 g/mol. The van der Waals surface area contributed by atoms with Crippen molar-refractivity contribution in [2.45, 2.75) is 70.9 Å². The molecule has 2 heteroatoms. The maximum Gasteiger partial charge on any atom is 0.0334 e. The first-order valence-corrected chi connectivity index (χ1v) is 7.56. The zero-order valence-corrected chi connectivity index (χ0v) is 11.9. The van der Waals surface area contributed by atoms with E-state index in [9.17, 15) is 0 Å². The van der Waals surface area contributed by atoms with Gasteiger partial charge in [-0.1, -0.05) is 20.8 Å². The van der Waals surface area contributed by atoms with Crippen molar-refractivity contribution in [1.82, 2.24) is 4.90 Å². The summed E-state index contributed by atoms with van der Waals surface area (Å²) < 4.78 is 0. The lowest BCUT2D eigenvalue weighted by Crippen LogP contribution is -2.58. The van der Waals surface area contributed by atoms with E-state index >= 15 is 0 Å². The Bertz CT molecular complexity index is 241. The molecule has 2 nitrogen and oxygen atoms in total. The smallest absolute Gasteiger partial charge is 0.0334 e. The molecule has 1 saturated carbocycles. The van der Waals surface area contributed by atoms with Gasteiger partial charge in [0.05, 0.1) is 0 Å². The lowest BCUT2D eigenvalue weighted by molar-refractivity contribution is 0.0199. The third-order valence-corrected chi connectivity index (χ3v) is 5.26. The molecule has 0 radical (unpaired) electrons. The van der Waals surface area contributed by atoms with E-state index in [4.69, 9.17) is 5.73 Å². The van der Waals surface area contributed by atoms with Crippen molar-refractivity contribution < 1.29 is 0 Å². The van der Waals surface area contributed by atoms with Crippen LogP contribution >= 0.6 is 0 Å². The molecule has 0 aromatic rings. The number of hydrogen-bond acceptors (Lipinski definition) is 2. The van der Waals surface area contributed by atoms with Gasteiger partial charge in [-0.3, -0.25) is 4.90 Å². The summed E-state index contributed by atoms with van der Waals surface area (Å²) in [6.45, 7) is 9.29. The van der Waals surface area contributed by atoms with E-state index in [1.165, 1.54) is 45.1 Å². The van der Waals surface area contributed by atoms with Gasteiger partial charge in [0.2, 0.25) is 0 Å². The lowest BCUT2D eigenvalue weighted by Gasteiger charge is -2.49. The van der Waals surface area contributed by atoms with Gasteiger partial charge in [0.15, 0.2) is 0 Å². The van der Waals surface area contributed by atoms with Crippen molar-refractivity contribution in [2.24, 2.45) is 17.6 Å². The first-order valence-electron chi connectivity index (χ1n) is 7.56. The van der Waals surface area contributed by atoms with Crippen LogP contribution in [0.4, 0.5) is 0 Å². The van der Waals surface area contributed by atoms with Crippen molar-refractivity contribution in [3.63, 3.8) is 0 Å². The summed E-state index contributed by atoms with van der Waals surface area (Å²) in [6, 6.07) is 0.784. The zero-order valence-electron chi connectivity index (χ0n) is 11.9. The summed E-state index contributed by atoms with van der Waals surface area (Å²) >= 11 is 0. The van der Waals surface area contributed by atoms with E-state index in [0.29, 0.717) is 5.54 Å². The van der Waals surface area contributed by atoms with Crippen LogP contribution in [0.5, 0.6) is 0 Å². The predicted molar refractivity (Wildman–Crippen MR) is 74.0 cm³/mol. The highest BCUT2D eigenvalue weighted by Crippen LogP contribution is 2.41. The Morgan fingerprint density at radius 1 is 1.24 bits per heavy atom. The fourth-order valence-corrected chi connectivity index (χ4v) is 3.98. The van der Waals surface area contributed by atoms with Crippen molar-refractivity contribution in [3.05, 3.63) is 0 Å². The molecule has 1 heterocycles. The summed E-state index contributed by atoms with van der Waals surface area (Å²) in [5.74, 6) is 1.69. The van der Waals surface area contributed by atoms with Gasteiger partial charge in [-0.05, 0) is 56.9 Å². The average Bonchev–Trinajstić information content (AvgIpc) is 2.80. The van der Waals surface area contributed by atoms with Crippen molar-refractivity contribution in [3.8, 4) is 0 Å². The molecule has 0 spiro atoms. The molecule has 1 aliphatic carbocycles. The SMILES string of the molecule is CC1CCC(CN)(N2CCCC2C(C)C)CC1. The molecule has 17 heavy (non-hydrogen) atoms. The lowest BCUT2D eigenvalue weighted by atomic mass is 9.75. The standard InChI is InChI=1S/C15H30N2/c1-12(2)14-5-4-10-17(14)15(11-16)8-6-13(3)7-9-15/h12-14H,4-11,16H2,1-3H3. The Morgan fingerprint density at radius 2 is 1.88 bits per heavy atom. The van der Waals surface area contributed by atoms with Gasteiger partial charge in [0.25, 0.3) is 0 Å². The van der Waals surface area contributed by atoms with E-state index in [1.54, 1.807) is 0 Å². The highest BCUT2D eigenvalue weighted by molar-refractivity contribution is 5.00. The van der Waals surface area contributed by atoms with E-state index in [1.807, 2.05) is 0 Å². The molecule has 0 aromatic carbocycles. The second-order valence-electron chi connectivity index (χ2n) is 6.76.